The minimum atomic E-state index is -5.27. The van der Waals surface area contributed by atoms with Crippen LogP contribution in [0.25, 0.3) is 21.8 Å². The van der Waals surface area contributed by atoms with Crippen molar-refractivity contribution in [2.75, 3.05) is 32.8 Å². The highest BCUT2D eigenvalue weighted by atomic mass is 19.4. The van der Waals surface area contributed by atoms with Gasteiger partial charge in [0.15, 0.2) is 11.5 Å². The van der Waals surface area contributed by atoms with Crippen LogP contribution in [0.4, 0.5) is 25.1 Å². The Labute approximate surface area is 206 Å². The number of alkyl halides is 3. The van der Waals surface area contributed by atoms with Gasteiger partial charge in [-0.25, -0.2) is 19.7 Å². The number of hydrogen-bond donors (Lipinski definition) is 1. The van der Waals surface area contributed by atoms with E-state index in [2.05, 4.69) is 30.0 Å². The molecule has 0 atom stereocenters. The molecule has 1 aliphatic heterocycles. The molecule has 0 saturated carbocycles. The normalized spacial score (nSPS) is 12.9. The summed E-state index contributed by atoms with van der Waals surface area (Å²) < 4.78 is 65.5. The molecule has 0 spiro atoms. The Bertz CT molecular complexity index is 1550. The second-order valence-corrected chi connectivity index (χ2v) is 7.68. The average molecular weight is 517 g/mol. The van der Waals surface area contributed by atoms with E-state index in [1.807, 2.05) is 0 Å². The molecule has 2 aromatic heterocycles. The number of carbonyl (C=O) groups is 1. The summed E-state index contributed by atoms with van der Waals surface area (Å²) in [5.74, 6) is -2.23. The molecular weight excluding hydrogens is 499 g/mol. The Hall–Kier alpha value is -4.62. The number of carbonyl (C=O) groups excluding carboxylic acids is 1. The van der Waals surface area contributed by atoms with Crippen LogP contribution in [0.2, 0.25) is 0 Å². The van der Waals surface area contributed by atoms with E-state index in [4.69, 9.17) is 18.9 Å². The van der Waals surface area contributed by atoms with E-state index in [-0.39, 0.29) is 34.3 Å². The van der Waals surface area contributed by atoms with E-state index < -0.39 is 18.0 Å². The number of ether oxygens (including phenoxy) is 5. The molecule has 1 N–H and O–H groups in total. The first-order chi connectivity index (χ1) is 17.7. The zero-order chi connectivity index (χ0) is 26.3. The smallest absolute Gasteiger partial charge is 0.491 e. The van der Waals surface area contributed by atoms with Crippen LogP contribution in [0.15, 0.2) is 24.3 Å². The third-order valence-corrected chi connectivity index (χ3v) is 5.39. The Morgan fingerprint density at radius 3 is 2.32 bits per heavy atom. The van der Waals surface area contributed by atoms with Gasteiger partial charge in [0.1, 0.15) is 41.1 Å². The molecule has 0 saturated heterocycles. The standard InChI is InChI=1S/C23H18F3N5O6/c1-10-11-4-5-14-18(36-9-8-35-14)16(11)28-21(27-10)31-22-29-17-13(34-3)7-6-12(33-2)15(17)19(30-22)37-20(32)23(24,25)26/h4-7H,8-9H2,1-3H3,(H,27,28,29,30,31). The predicted molar refractivity (Wildman–Crippen MR) is 123 cm³/mol. The van der Waals surface area contributed by atoms with Gasteiger partial charge >= 0.3 is 12.1 Å². The number of aryl methyl sites for hydroxylation is 1. The van der Waals surface area contributed by atoms with Crippen molar-refractivity contribution in [3.63, 3.8) is 0 Å². The number of nitrogens with one attached hydrogen (secondary N) is 1. The van der Waals surface area contributed by atoms with Gasteiger partial charge in [0, 0.05) is 5.39 Å². The lowest BCUT2D eigenvalue weighted by atomic mass is 10.1. The number of aromatic nitrogens is 4. The zero-order valence-corrected chi connectivity index (χ0v) is 19.6. The monoisotopic (exact) mass is 517 g/mol. The molecule has 3 heterocycles. The van der Waals surface area contributed by atoms with E-state index in [0.717, 1.165) is 0 Å². The van der Waals surface area contributed by atoms with Gasteiger partial charge in [0.05, 0.1) is 19.9 Å². The molecule has 0 amide bonds. The Balaban J connectivity index is 1.65. The van der Waals surface area contributed by atoms with Crippen molar-refractivity contribution in [1.82, 2.24) is 19.9 Å². The van der Waals surface area contributed by atoms with E-state index in [1.54, 1.807) is 19.1 Å². The molecule has 37 heavy (non-hydrogen) atoms. The number of fused-ring (bicyclic) bond motifs is 4. The molecule has 0 aliphatic carbocycles. The predicted octanol–water partition coefficient (Wildman–Crippen LogP) is 3.88. The van der Waals surface area contributed by atoms with Crippen LogP contribution >= 0.6 is 0 Å². The third kappa shape index (κ3) is 4.41. The minimum absolute atomic E-state index is 0.0156. The third-order valence-electron chi connectivity index (χ3n) is 5.39. The second kappa shape index (κ2) is 9.11. The molecule has 11 nitrogen and oxygen atoms in total. The molecule has 0 fully saturated rings. The highest BCUT2D eigenvalue weighted by Gasteiger charge is 2.42. The molecule has 14 heteroatoms. The van der Waals surface area contributed by atoms with Gasteiger partial charge in [-0.05, 0) is 31.2 Å². The molecule has 0 unspecified atom stereocenters. The van der Waals surface area contributed by atoms with Crippen LogP contribution < -0.4 is 29.0 Å². The summed E-state index contributed by atoms with van der Waals surface area (Å²) in [4.78, 5) is 28.9. The van der Waals surface area contributed by atoms with Gasteiger partial charge in [0.25, 0.3) is 0 Å². The summed E-state index contributed by atoms with van der Waals surface area (Å²) in [6, 6.07) is 6.46. The lowest BCUT2D eigenvalue weighted by Gasteiger charge is -2.20. The van der Waals surface area contributed by atoms with Gasteiger partial charge in [-0.15, -0.1) is 0 Å². The molecule has 0 radical (unpaired) electrons. The molecule has 2 aromatic carbocycles. The Morgan fingerprint density at radius 2 is 1.59 bits per heavy atom. The topological polar surface area (TPSA) is 127 Å². The maximum Gasteiger partial charge on any atom is 0.491 e. The van der Waals surface area contributed by atoms with E-state index >= 15 is 0 Å². The van der Waals surface area contributed by atoms with Crippen LogP contribution in [0.1, 0.15) is 5.69 Å². The summed E-state index contributed by atoms with van der Waals surface area (Å²) >= 11 is 0. The Kier molecular flexibility index (Phi) is 5.93. The van der Waals surface area contributed by atoms with Crippen molar-refractivity contribution in [3.8, 4) is 28.9 Å². The first-order valence-electron chi connectivity index (χ1n) is 10.7. The van der Waals surface area contributed by atoms with Gasteiger partial charge in [0.2, 0.25) is 17.8 Å². The van der Waals surface area contributed by atoms with Gasteiger partial charge in [-0.2, -0.15) is 18.2 Å². The minimum Gasteiger partial charge on any atom is -0.496 e. The summed E-state index contributed by atoms with van der Waals surface area (Å²) in [5.41, 5.74) is 1.06. The van der Waals surface area contributed by atoms with Crippen LogP contribution in [0.5, 0.6) is 28.9 Å². The summed E-state index contributed by atoms with van der Waals surface area (Å²) in [6.45, 7) is 2.47. The fraction of sp³-hybridized carbons (Fsp3) is 0.261. The highest BCUT2D eigenvalue weighted by molar-refractivity contribution is 5.96. The fourth-order valence-corrected chi connectivity index (χ4v) is 3.77. The lowest BCUT2D eigenvalue weighted by Crippen LogP contribution is -2.28. The van der Waals surface area contributed by atoms with Crippen molar-refractivity contribution < 1.29 is 41.7 Å². The summed E-state index contributed by atoms with van der Waals surface area (Å²) in [5, 5.41) is 3.38. The van der Waals surface area contributed by atoms with Crippen molar-refractivity contribution in [2.45, 2.75) is 13.1 Å². The number of hydrogen-bond acceptors (Lipinski definition) is 11. The lowest BCUT2D eigenvalue weighted by molar-refractivity contribution is -0.189. The SMILES string of the molecule is COc1ccc(OC)c2c(OC(=O)C(F)(F)F)nc(Nc3nc(C)c4ccc5c(c4n3)OCCO5)nc12. The van der Waals surface area contributed by atoms with E-state index in [9.17, 15) is 18.0 Å². The maximum absolute atomic E-state index is 13.0. The van der Waals surface area contributed by atoms with Crippen LogP contribution in [-0.2, 0) is 4.79 Å². The highest BCUT2D eigenvalue weighted by Crippen LogP contribution is 2.40. The number of methoxy groups -OCH3 is 2. The largest absolute Gasteiger partial charge is 0.496 e. The number of nitrogens with zero attached hydrogens (tertiary/aromatic N) is 4. The molecule has 192 valence electrons. The van der Waals surface area contributed by atoms with Crippen molar-refractivity contribution in [3.05, 3.63) is 30.0 Å². The zero-order valence-electron chi connectivity index (χ0n) is 19.6. The second-order valence-electron chi connectivity index (χ2n) is 7.68. The summed E-state index contributed by atoms with van der Waals surface area (Å²) in [6.07, 6.45) is -5.27. The summed E-state index contributed by atoms with van der Waals surface area (Å²) in [7, 11) is 2.64. The average Bonchev–Trinajstić information content (AvgIpc) is 2.87. The number of anilines is 2. The van der Waals surface area contributed by atoms with Crippen molar-refractivity contribution in [2.24, 2.45) is 0 Å². The number of rotatable bonds is 5. The molecular formula is C23H18F3N5O6. The maximum atomic E-state index is 13.0. The quantitative estimate of drug-likeness (QED) is 0.388. The van der Waals surface area contributed by atoms with Crippen molar-refractivity contribution >= 4 is 39.7 Å². The number of halogens is 3. The molecule has 0 bridgehead atoms. The molecule has 1 aliphatic rings. The van der Waals surface area contributed by atoms with Crippen LogP contribution in [0.3, 0.4) is 0 Å². The van der Waals surface area contributed by atoms with Crippen LogP contribution in [0, 0.1) is 6.92 Å². The Morgan fingerprint density at radius 1 is 0.919 bits per heavy atom. The number of esters is 1. The number of benzene rings is 2. The fourth-order valence-electron chi connectivity index (χ4n) is 3.77. The van der Waals surface area contributed by atoms with Gasteiger partial charge < -0.3 is 23.7 Å². The van der Waals surface area contributed by atoms with Gasteiger partial charge in [-0.1, -0.05) is 0 Å². The molecule has 5 rings (SSSR count). The van der Waals surface area contributed by atoms with E-state index in [0.29, 0.717) is 41.3 Å². The van der Waals surface area contributed by atoms with Gasteiger partial charge in [-0.3, -0.25) is 5.32 Å². The first kappa shape index (κ1) is 24.1. The molecule has 4 aromatic rings. The van der Waals surface area contributed by atoms with Crippen molar-refractivity contribution in [1.29, 1.82) is 0 Å². The van der Waals surface area contributed by atoms with E-state index in [1.165, 1.54) is 26.4 Å². The van der Waals surface area contributed by atoms with Crippen LogP contribution in [-0.4, -0.2) is 59.5 Å². The first-order valence-corrected chi connectivity index (χ1v) is 10.7.